The highest BCUT2D eigenvalue weighted by molar-refractivity contribution is 5.76. The maximum Gasteiger partial charge on any atom is 0.315 e. The summed E-state index contributed by atoms with van der Waals surface area (Å²) >= 11 is 0. The van der Waals surface area contributed by atoms with E-state index in [4.69, 9.17) is 0 Å². The molecular weight excluding hydrogens is 270 g/mol. The van der Waals surface area contributed by atoms with Crippen molar-refractivity contribution in [2.45, 2.75) is 57.0 Å². The largest absolute Gasteiger partial charge is 0.481 e. The lowest BCUT2D eigenvalue weighted by Crippen LogP contribution is -2.48. The molecular formula is C15H27N3O3. The van der Waals surface area contributed by atoms with Crippen molar-refractivity contribution in [1.29, 1.82) is 0 Å². The van der Waals surface area contributed by atoms with Gasteiger partial charge in [-0.3, -0.25) is 4.79 Å². The van der Waals surface area contributed by atoms with Gasteiger partial charge in [-0.15, -0.1) is 0 Å². The summed E-state index contributed by atoms with van der Waals surface area (Å²) in [4.78, 5) is 25.5. The normalized spacial score (nSPS) is 26.2. The molecule has 2 aliphatic rings. The second-order valence-electron chi connectivity index (χ2n) is 6.30. The third-order valence-electron chi connectivity index (χ3n) is 4.57. The number of urea groups is 1. The van der Waals surface area contributed by atoms with E-state index in [0.717, 1.165) is 32.2 Å². The number of aliphatic carboxylic acids is 1. The molecule has 0 bridgehead atoms. The molecule has 21 heavy (non-hydrogen) atoms. The van der Waals surface area contributed by atoms with Gasteiger partial charge in [0.25, 0.3) is 0 Å². The smallest absolute Gasteiger partial charge is 0.315 e. The van der Waals surface area contributed by atoms with Crippen molar-refractivity contribution in [2.24, 2.45) is 5.92 Å². The van der Waals surface area contributed by atoms with E-state index in [1.54, 1.807) is 0 Å². The van der Waals surface area contributed by atoms with Gasteiger partial charge in [0.1, 0.15) is 0 Å². The van der Waals surface area contributed by atoms with E-state index in [-0.39, 0.29) is 12.1 Å². The number of rotatable bonds is 6. The summed E-state index contributed by atoms with van der Waals surface area (Å²) in [6.45, 7) is 1.44. The molecule has 0 heterocycles. The molecule has 2 fully saturated rings. The summed E-state index contributed by atoms with van der Waals surface area (Å²) in [6, 6.07) is 0.205. The molecule has 0 radical (unpaired) electrons. The van der Waals surface area contributed by atoms with Crippen LogP contribution in [-0.2, 0) is 4.79 Å². The first kappa shape index (κ1) is 16.1. The minimum Gasteiger partial charge on any atom is -0.481 e. The summed E-state index contributed by atoms with van der Waals surface area (Å²) in [7, 11) is 2.07. The number of hydrogen-bond donors (Lipinski definition) is 3. The van der Waals surface area contributed by atoms with Crippen LogP contribution in [-0.4, -0.2) is 54.2 Å². The quantitative estimate of drug-likeness (QED) is 0.648. The Kier molecular flexibility index (Phi) is 5.85. The van der Waals surface area contributed by atoms with E-state index in [2.05, 4.69) is 22.6 Å². The molecule has 6 nitrogen and oxygen atoms in total. The van der Waals surface area contributed by atoms with Gasteiger partial charge in [-0.2, -0.15) is 0 Å². The Labute approximate surface area is 126 Å². The Morgan fingerprint density at radius 2 is 1.86 bits per heavy atom. The number of carbonyl (C=O) groups is 2. The van der Waals surface area contributed by atoms with Gasteiger partial charge in [0.15, 0.2) is 0 Å². The molecule has 0 spiro atoms. The van der Waals surface area contributed by atoms with E-state index in [1.807, 2.05) is 0 Å². The van der Waals surface area contributed by atoms with E-state index < -0.39 is 11.9 Å². The van der Waals surface area contributed by atoms with E-state index in [9.17, 15) is 14.7 Å². The number of hydrogen-bond acceptors (Lipinski definition) is 3. The molecule has 2 unspecified atom stereocenters. The average Bonchev–Trinajstić information content (AvgIpc) is 3.25. The topological polar surface area (TPSA) is 81.7 Å². The molecule has 2 amide bonds. The standard InChI is InChI=1S/C15H27N3O3/c1-18(11-7-8-11)10-9-16-15(21)17-13-6-4-2-3-5-12(13)14(19)20/h11-13H,2-10H2,1H3,(H,19,20)(H2,16,17,21). The predicted octanol–water partition coefficient (Wildman–Crippen LogP) is 1.41. The Bertz CT molecular complexity index is 371. The van der Waals surface area contributed by atoms with Crippen LogP contribution in [0.1, 0.15) is 44.9 Å². The summed E-state index contributed by atoms with van der Waals surface area (Å²) in [5.41, 5.74) is 0. The van der Waals surface area contributed by atoms with Crippen LogP contribution in [0.5, 0.6) is 0 Å². The summed E-state index contributed by atoms with van der Waals surface area (Å²) < 4.78 is 0. The van der Waals surface area contributed by atoms with Crippen LogP contribution < -0.4 is 10.6 Å². The fourth-order valence-corrected chi connectivity index (χ4v) is 3.04. The zero-order valence-corrected chi connectivity index (χ0v) is 12.8. The second-order valence-corrected chi connectivity index (χ2v) is 6.30. The molecule has 2 rings (SSSR count). The Morgan fingerprint density at radius 1 is 1.14 bits per heavy atom. The lowest BCUT2D eigenvalue weighted by atomic mass is 9.95. The number of amides is 2. The molecule has 2 atom stereocenters. The second kappa shape index (κ2) is 7.64. The van der Waals surface area contributed by atoms with Crippen LogP contribution in [0.4, 0.5) is 4.79 Å². The maximum atomic E-state index is 11.9. The van der Waals surface area contributed by atoms with Gasteiger partial charge in [0.2, 0.25) is 0 Å². The minimum absolute atomic E-state index is 0.239. The number of nitrogens with zero attached hydrogens (tertiary/aromatic N) is 1. The monoisotopic (exact) mass is 297 g/mol. The molecule has 0 saturated heterocycles. The Hall–Kier alpha value is -1.30. The van der Waals surface area contributed by atoms with Crippen molar-refractivity contribution in [3.63, 3.8) is 0 Å². The SMILES string of the molecule is CN(CCNC(=O)NC1CCCCCC1C(=O)O)C1CC1. The minimum atomic E-state index is -0.796. The van der Waals surface area contributed by atoms with Crippen molar-refractivity contribution < 1.29 is 14.7 Å². The number of carboxylic acids is 1. The van der Waals surface area contributed by atoms with Gasteiger partial charge in [0, 0.05) is 25.2 Å². The van der Waals surface area contributed by atoms with Gasteiger partial charge < -0.3 is 20.6 Å². The third-order valence-corrected chi connectivity index (χ3v) is 4.57. The fraction of sp³-hybridized carbons (Fsp3) is 0.867. The highest BCUT2D eigenvalue weighted by atomic mass is 16.4. The number of carbonyl (C=O) groups excluding carboxylic acids is 1. The number of likely N-dealkylation sites (N-methyl/N-ethyl adjacent to an activating group) is 1. The Balaban J connectivity index is 1.72. The van der Waals surface area contributed by atoms with Crippen LogP contribution in [0.3, 0.4) is 0 Å². The molecule has 0 aromatic heterocycles. The summed E-state index contributed by atoms with van der Waals surface area (Å²) in [5.74, 6) is -1.25. The molecule has 0 aliphatic heterocycles. The average molecular weight is 297 g/mol. The fourth-order valence-electron chi connectivity index (χ4n) is 3.04. The summed E-state index contributed by atoms with van der Waals surface area (Å²) in [5, 5.41) is 15.0. The molecule has 120 valence electrons. The van der Waals surface area contributed by atoms with Crippen LogP contribution in [0.25, 0.3) is 0 Å². The van der Waals surface area contributed by atoms with Gasteiger partial charge in [-0.1, -0.05) is 19.3 Å². The van der Waals surface area contributed by atoms with Crippen molar-refractivity contribution >= 4 is 12.0 Å². The first-order valence-corrected chi connectivity index (χ1v) is 8.05. The van der Waals surface area contributed by atoms with Crippen LogP contribution in [0, 0.1) is 5.92 Å². The molecule has 0 aromatic rings. The zero-order valence-electron chi connectivity index (χ0n) is 12.8. The van der Waals surface area contributed by atoms with Crippen molar-refractivity contribution in [3.05, 3.63) is 0 Å². The van der Waals surface area contributed by atoms with E-state index in [1.165, 1.54) is 12.8 Å². The van der Waals surface area contributed by atoms with Crippen molar-refractivity contribution in [3.8, 4) is 0 Å². The number of nitrogens with one attached hydrogen (secondary N) is 2. The van der Waals surface area contributed by atoms with Gasteiger partial charge in [-0.25, -0.2) is 4.79 Å². The first-order valence-electron chi connectivity index (χ1n) is 8.05. The Morgan fingerprint density at radius 3 is 2.52 bits per heavy atom. The third kappa shape index (κ3) is 5.19. The predicted molar refractivity (Wildman–Crippen MR) is 80.2 cm³/mol. The summed E-state index contributed by atoms with van der Waals surface area (Å²) in [6.07, 6.45) is 6.89. The lowest BCUT2D eigenvalue weighted by Gasteiger charge is -2.23. The van der Waals surface area contributed by atoms with Gasteiger partial charge in [0.05, 0.1) is 5.92 Å². The van der Waals surface area contributed by atoms with Gasteiger partial charge >= 0.3 is 12.0 Å². The molecule has 6 heteroatoms. The van der Waals surface area contributed by atoms with Crippen molar-refractivity contribution in [1.82, 2.24) is 15.5 Å². The van der Waals surface area contributed by atoms with Crippen LogP contribution >= 0.6 is 0 Å². The van der Waals surface area contributed by atoms with E-state index in [0.29, 0.717) is 19.0 Å². The molecule has 3 N–H and O–H groups in total. The highest BCUT2D eigenvalue weighted by Crippen LogP contribution is 2.25. The maximum absolute atomic E-state index is 11.9. The van der Waals surface area contributed by atoms with Crippen LogP contribution in [0.15, 0.2) is 0 Å². The van der Waals surface area contributed by atoms with Gasteiger partial charge in [-0.05, 0) is 32.7 Å². The van der Waals surface area contributed by atoms with Crippen LogP contribution in [0.2, 0.25) is 0 Å². The number of carboxylic acid groups (broad SMARTS) is 1. The zero-order chi connectivity index (χ0) is 15.2. The van der Waals surface area contributed by atoms with Crippen molar-refractivity contribution in [2.75, 3.05) is 20.1 Å². The lowest BCUT2D eigenvalue weighted by molar-refractivity contribution is -0.142. The van der Waals surface area contributed by atoms with E-state index >= 15 is 0 Å². The molecule has 2 saturated carbocycles. The highest BCUT2D eigenvalue weighted by Gasteiger charge is 2.30. The molecule has 0 aromatic carbocycles. The first-order chi connectivity index (χ1) is 10.1. The molecule has 2 aliphatic carbocycles.